The van der Waals surface area contributed by atoms with Crippen molar-refractivity contribution in [3.63, 3.8) is 0 Å². The van der Waals surface area contributed by atoms with Crippen LogP contribution in [0.4, 0.5) is 17.6 Å². The highest BCUT2D eigenvalue weighted by Gasteiger charge is 2.33. The molecule has 0 heterocycles. The highest BCUT2D eigenvalue weighted by molar-refractivity contribution is 6.37. The molecule has 0 aromatic heterocycles. The summed E-state index contributed by atoms with van der Waals surface area (Å²) in [6.45, 7) is 2.29. The highest BCUT2D eigenvalue weighted by atomic mass is 28.2. The van der Waals surface area contributed by atoms with Crippen LogP contribution in [0.2, 0.25) is 11.6 Å². The van der Waals surface area contributed by atoms with E-state index in [1.807, 2.05) is 0 Å². The van der Waals surface area contributed by atoms with Crippen molar-refractivity contribution in [2.24, 2.45) is 17.8 Å². The number of ether oxygens (including phenoxy) is 1. The van der Waals surface area contributed by atoms with Crippen LogP contribution in [0.15, 0.2) is 18.2 Å². The van der Waals surface area contributed by atoms with E-state index in [4.69, 9.17) is 0 Å². The van der Waals surface area contributed by atoms with E-state index in [1.54, 1.807) is 12.1 Å². The molecule has 1 nitrogen and oxygen atoms in total. The van der Waals surface area contributed by atoms with Gasteiger partial charge in [0.2, 0.25) is 0 Å². The summed E-state index contributed by atoms with van der Waals surface area (Å²) < 4.78 is 54.4. The summed E-state index contributed by atoms with van der Waals surface area (Å²) in [7, 11) is 0.158. The van der Waals surface area contributed by atoms with Crippen LogP contribution < -0.4 is 4.74 Å². The number of halogens is 4. The van der Waals surface area contributed by atoms with Crippen molar-refractivity contribution >= 4 is 9.52 Å². The number of unbranched alkanes of at least 4 members (excludes halogenated alkanes) is 1. The molecule has 0 aliphatic heterocycles. The van der Waals surface area contributed by atoms with Crippen molar-refractivity contribution in [1.82, 2.24) is 0 Å². The monoisotopic (exact) mass is 458 g/mol. The van der Waals surface area contributed by atoms with Gasteiger partial charge in [0, 0.05) is 9.52 Å². The zero-order valence-electron chi connectivity index (χ0n) is 18.9. The Morgan fingerprint density at radius 2 is 1.61 bits per heavy atom. The lowest BCUT2D eigenvalue weighted by atomic mass is 9.70. The molecule has 0 radical (unpaired) electrons. The number of hydrogen-bond acceptors (Lipinski definition) is 1. The average Bonchev–Trinajstić information content (AvgIpc) is 2.74. The van der Waals surface area contributed by atoms with Crippen LogP contribution in [0.1, 0.15) is 83.1 Å². The lowest BCUT2D eigenvalue weighted by Crippen LogP contribution is -2.26. The fraction of sp³-hybridized carbons (Fsp3) is 0.760. The second kappa shape index (κ2) is 11.7. The SMILES string of the molecule is CCCC[SiH2][C@H]1CC[C@H]([C@H]2CC[C@H](CCc3ccc(OC(F)(F)F)c(F)c3)CC2)CC1. The predicted molar refractivity (Wildman–Crippen MR) is 121 cm³/mol. The van der Waals surface area contributed by atoms with E-state index in [0.717, 1.165) is 35.4 Å². The molecule has 0 unspecified atom stereocenters. The van der Waals surface area contributed by atoms with E-state index in [2.05, 4.69) is 11.7 Å². The summed E-state index contributed by atoms with van der Waals surface area (Å²) in [4.78, 5) is 0. The summed E-state index contributed by atoms with van der Waals surface area (Å²) in [6.07, 6.45) is 10.6. The second-order valence-electron chi connectivity index (χ2n) is 9.91. The van der Waals surface area contributed by atoms with Crippen LogP contribution in [0.5, 0.6) is 5.75 Å². The first-order valence-corrected chi connectivity index (χ1v) is 14.2. The first kappa shape index (κ1) is 24.6. The van der Waals surface area contributed by atoms with Gasteiger partial charge in [-0.05, 0) is 61.1 Å². The Morgan fingerprint density at radius 1 is 0.968 bits per heavy atom. The van der Waals surface area contributed by atoms with Gasteiger partial charge in [0.05, 0.1) is 0 Å². The van der Waals surface area contributed by atoms with Gasteiger partial charge in [-0.25, -0.2) is 4.39 Å². The molecule has 2 aliphatic carbocycles. The molecular formula is C25H38F4OSi. The van der Waals surface area contributed by atoms with Gasteiger partial charge >= 0.3 is 6.36 Å². The minimum atomic E-state index is -4.86. The van der Waals surface area contributed by atoms with Crippen LogP contribution in [0.3, 0.4) is 0 Å². The van der Waals surface area contributed by atoms with Gasteiger partial charge in [0.25, 0.3) is 0 Å². The van der Waals surface area contributed by atoms with E-state index >= 15 is 0 Å². The zero-order chi connectivity index (χ0) is 22.3. The molecule has 2 aliphatic rings. The predicted octanol–water partition coefficient (Wildman–Crippen LogP) is 7.83. The second-order valence-corrected chi connectivity index (χ2v) is 12.3. The number of hydrogen-bond donors (Lipinski definition) is 0. The molecule has 3 rings (SSSR count). The zero-order valence-corrected chi connectivity index (χ0v) is 20.3. The number of alkyl halides is 3. The Labute approximate surface area is 187 Å². The van der Waals surface area contributed by atoms with Gasteiger partial charge in [-0.1, -0.05) is 75.9 Å². The largest absolute Gasteiger partial charge is 0.573 e. The minimum Gasteiger partial charge on any atom is -0.403 e. The summed E-state index contributed by atoms with van der Waals surface area (Å²) in [5.74, 6) is 0.799. The van der Waals surface area contributed by atoms with Crippen molar-refractivity contribution in [2.75, 3.05) is 0 Å². The van der Waals surface area contributed by atoms with E-state index in [-0.39, 0.29) is 9.52 Å². The topological polar surface area (TPSA) is 9.23 Å². The van der Waals surface area contributed by atoms with Gasteiger partial charge in [-0.2, -0.15) is 0 Å². The molecule has 2 saturated carbocycles. The van der Waals surface area contributed by atoms with Crippen LogP contribution in [-0.2, 0) is 6.42 Å². The maximum Gasteiger partial charge on any atom is 0.573 e. The summed E-state index contributed by atoms with van der Waals surface area (Å²) in [6, 6.07) is 5.38. The molecule has 0 atom stereocenters. The molecule has 0 bridgehead atoms. The van der Waals surface area contributed by atoms with E-state index in [9.17, 15) is 17.6 Å². The van der Waals surface area contributed by atoms with Gasteiger partial charge in [0.1, 0.15) is 0 Å². The van der Waals surface area contributed by atoms with E-state index in [0.29, 0.717) is 12.3 Å². The van der Waals surface area contributed by atoms with Crippen LogP contribution in [0.25, 0.3) is 0 Å². The smallest absolute Gasteiger partial charge is 0.403 e. The van der Waals surface area contributed by atoms with Gasteiger partial charge in [0.15, 0.2) is 11.6 Å². The molecule has 1 aromatic carbocycles. The van der Waals surface area contributed by atoms with Crippen LogP contribution >= 0.6 is 0 Å². The third-order valence-corrected chi connectivity index (χ3v) is 10.3. The first-order chi connectivity index (χ1) is 14.8. The molecule has 6 heteroatoms. The lowest BCUT2D eigenvalue weighted by Gasteiger charge is -2.38. The molecule has 176 valence electrons. The molecule has 0 N–H and O–H groups in total. The third-order valence-electron chi connectivity index (χ3n) is 7.73. The van der Waals surface area contributed by atoms with Crippen molar-refractivity contribution < 1.29 is 22.3 Å². The standard InChI is InChI=1S/C25H38F4OSi/c1-2-3-16-31-22-13-11-21(12-14-22)20-9-6-18(7-10-20)4-5-19-8-15-24(23(26)17-19)30-25(27,28)29/h8,15,17-18,20-22H,2-7,9-14,16,31H2,1H3/t18-,20-,21-,22-. The van der Waals surface area contributed by atoms with Crippen molar-refractivity contribution in [1.29, 1.82) is 0 Å². The van der Waals surface area contributed by atoms with Gasteiger partial charge in [-0.15, -0.1) is 13.2 Å². The number of rotatable bonds is 9. The average molecular weight is 459 g/mol. The number of aryl methyl sites for hydroxylation is 1. The van der Waals surface area contributed by atoms with Crippen molar-refractivity contribution in [2.45, 2.75) is 102 Å². The minimum absolute atomic E-state index is 0.158. The molecule has 0 spiro atoms. The molecule has 1 aromatic rings. The Morgan fingerprint density at radius 3 is 2.19 bits per heavy atom. The Bertz CT molecular complexity index is 662. The van der Waals surface area contributed by atoms with Crippen molar-refractivity contribution in [3.05, 3.63) is 29.6 Å². The maximum atomic E-state index is 13.9. The van der Waals surface area contributed by atoms with E-state index in [1.165, 1.54) is 70.3 Å². The number of benzene rings is 1. The molecule has 2 fully saturated rings. The molecule has 31 heavy (non-hydrogen) atoms. The lowest BCUT2D eigenvalue weighted by molar-refractivity contribution is -0.275. The quantitative estimate of drug-likeness (QED) is 0.208. The molecular weight excluding hydrogens is 420 g/mol. The van der Waals surface area contributed by atoms with Crippen LogP contribution in [0, 0.1) is 23.6 Å². The summed E-state index contributed by atoms with van der Waals surface area (Å²) in [5.41, 5.74) is 1.85. The van der Waals surface area contributed by atoms with Gasteiger partial charge < -0.3 is 4.74 Å². The fourth-order valence-electron chi connectivity index (χ4n) is 5.86. The van der Waals surface area contributed by atoms with Gasteiger partial charge in [-0.3, -0.25) is 0 Å². The Hall–Kier alpha value is -1.04. The fourth-order valence-corrected chi connectivity index (χ4v) is 8.27. The third kappa shape index (κ3) is 8.10. The highest BCUT2D eigenvalue weighted by Crippen LogP contribution is 2.43. The molecule has 0 amide bonds. The maximum absolute atomic E-state index is 13.9. The van der Waals surface area contributed by atoms with Crippen LogP contribution in [-0.4, -0.2) is 15.9 Å². The Balaban J connectivity index is 1.36. The van der Waals surface area contributed by atoms with Crippen molar-refractivity contribution in [3.8, 4) is 5.75 Å². The normalized spacial score (nSPS) is 27.6. The van der Waals surface area contributed by atoms with E-state index < -0.39 is 17.9 Å². The molecule has 0 saturated heterocycles. The first-order valence-electron chi connectivity index (χ1n) is 12.4. The summed E-state index contributed by atoms with van der Waals surface area (Å²) >= 11 is 0. The Kier molecular flexibility index (Phi) is 9.29. The summed E-state index contributed by atoms with van der Waals surface area (Å²) in [5, 5.41) is 0.